The minimum Gasteiger partial charge on any atom is -0.495 e. The number of nitrogens with zero attached hydrogens (tertiary/aromatic N) is 1. The van der Waals surface area contributed by atoms with E-state index in [0.717, 1.165) is 0 Å². The molecule has 2 aromatic rings. The van der Waals surface area contributed by atoms with Crippen LogP contribution in [0.3, 0.4) is 0 Å². The SMILES string of the molecule is COc1ccc(S(=O)(=O)Nc2nccs2)cc1NC(C)=O. The van der Waals surface area contributed by atoms with E-state index in [1.807, 2.05) is 0 Å². The quantitative estimate of drug-likeness (QED) is 0.874. The summed E-state index contributed by atoms with van der Waals surface area (Å²) in [5, 5.41) is 4.46. The summed E-state index contributed by atoms with van der Waals surface area (Å²) in [4.78, 5) is 15.0. The largest absolute Gasteiger partial charge is 0.495 e. The van der Waals surface area contributed by atoms with Crippen LogP contribution in [0.5, 0.6) is 5.75 Å². The monoisotopic (exact) mass is 327 g/mol. The molecule has 1 aromatic heterocycles. The first kappa shape index (κ1) is 15.3. The second-order valence-corrected chi connectivity index (χ2v) is 6.56. The zero-order chi connectivity index (χ0) is 15.5. The number of benzene rings is 1. The molecule has 0 radical (unpaired) electrons. The van der Waals surface area contributed by atoms with Gasteiger partial charge < -0.3 is 10.1 Å². The van der Waals surface area contributed by atoms with Gasteiger partial charge in [0.2, 0.25) is 5.91 Å². The van der Waals surface area contributed by atoms with E-state index < -0.39 is 10.0 Å². The van der Waals surface area contributed by atoms with E-state index in [4.69, 9.17) is 4.74 Å². The summed E-state index contributed by atoms with van der Waals surface area (Å²) in [5.41, 5.74) is 0.284. The third-order valence-corrected chi connectivity index (χ3v) is 4.60. The van der Waals surface area contributed by atoms with Crippen LogP contribution in [0, 0.1) is 0 Å². The van der Waals surface area contributed by atoms with Gasteiger partial charge in [0.15, 0.2) is 5.13 Å². The van der Waals surface area contributed by atoms with Gasteiger partial charge in [-0.2, -0.15) is 0 Å². The normalized spacial score (nSPS) is 11.0. The molecule has 2 N–H and O–H groups in total. The van der Waals surface area contributed by atoms with Crippen molar-refractivity contribution in [3.8, 4) is 5.75 Å². The van der Waals surface area contributed by atoms with E-state index in [9.17, 15) is 13.2 Å². The lowest BCUT2D eigenvalue weighted by Crippen LogP contribution is -2.14. The number of carbonyl (C=O) groups is 1. The number of ether oxygens (including phenoxy) is 1. The summed E-state index contributed by atoms with van der Waals surface area (Å²) in [7, 11) is -2.34. The number of amides is 1. The molecule has 21 heavy (non-hydrogen) atoms. The van der Waals surface area contributed by atoms with Crippen molar-refractivity contribution in [3.63, 3.8) is 0 Å². The molecule has 112 valence electrons. The Labute approximate surface area is 126 Å². The molecule has 1 aromatic carbocycles. The number of sulfonamides is 1. The van der Waals surface area contributed by atoms with Gasteiger partial charge in [0.25, 0.3) is 10.0 Å². The van der Waals surface area contributed by atoms with E-state index in [1.165, 1.54) is 49.8 Å². The lowest BCUT2D eigenvalue weighted by molar-refractivity contribution is -0.114. The number of anilines is 2. The van der Waals surface area contributed by atoms with Crippen molar-refractivity contribution in [2.75, 3.05) is 17.1 Å². The molecule has 0 saturated carbocycles. The first-order valence-corrected chi connectivity index (χ1v) is 8.16. The molecule has 7 nitrogen and oxygen atoms in total. The first-order valence-electron chi connectivity index (χ1n) is 5.80. The van der Waals surface area contributed by atoms with Crippen LogP contribution in [0.4, 0.5) is 10.8 Å². The molecule has 0 aliphatic rings. The molecule has 0 unspecified atom stereocenters. The van der Waals surface area contributed by atoms with Crippen molar-refractivity contribution in [1.82, 2.24) is 4.98 Å². The Morgan fingerprint density at radius 1 is 1.38 bits per heavy atom. The highest BCUT2D eigenvalue weighted by atomic mass is 32.2. The minimum absolute atomic E-state index is 0.00208. The molecule has 1 amide bonds. The van der Waals surface area contributed by atoms with E-state index >= 15 is 0 Å². The Morgan fingerprint density at radius 3 is 2.71 bits per heavy atom. The molecule has 0 saturated heterocycles. The van der Waals surface area contributed by atoms with Crippen molar-refractivity contribution >= 4 is 38.1 Å². The topological polar surface area (TPSA) is 97.4 Å². The fourth-order valence-corrected chi connectivity index (χ4v) is 3.40. The maximum atomic E-state index is 12.2. The zero-order valence-electron chi connectivity index (χ0n) is 11.3. The molecular weight excluding hydrogens is 314 g/mol. The van der Waals surface area contributed by atoms with E-state index in [0.29, 0.717) is 5.75 Å². The van der Waals surface area contributed by atoms with Gasteiger partial charge >= 0.3 is 0 Å². The first-order chi connectivity index (χ1) is 9.92. The molecule has 0 fully saturated rings. The van der Waals surface area contributed by atoms with Crippen LogP contribution in [-0.2, 0) is 14.8 Å². The van der Waals surface area contributed by atoms with Crippen molar-refractivity contribution in [2.45, 2.75) is 11.8 Å². The average Bonchev–Trinajstić information content (AvgIpc) is 2.90. The Bertz CT molecular complexity index is 742. The number of methoxy groups -OCH3 is 1. The van der Waals surface area contributed by atoms with Gasteiger partial charge in [0, 0.05) is 18.5 Å². The van der Waals surface area contributed by atoms with Gasteiger partial charge in [-0.3, -0.25) is 9.52 Å². The third kappa shape index (κ3) is 3.70. The summed E-state index contributed by atoms with van der Waals surface area (Å²) in [6.07, 6.45) is 1.50. The van der Waals surface area contributed by atoms with Crippen molar-refractivity contribution in [3.05, 3.63) is 29.8 Å². The van der Waals surface area contributed by atoms with Gasteiger partial charge in [-0.05, 0) is 18.2 Å². The van der Waals surface area contributed by atoms with E-state index in [1.54, 1.807) is 5.38 Å². The summed E-state index contributed by atoms with van der Waals surface area (Å²) in [6.45, 7) is 1.33. The van der Waals surface area contributed by atoms with Crippen LogP contribution in [-0.4, -0.2) is 26.4 Å². The predicted octanol–water partition coefficient (Wildman–Crippen LogP) is 1.91. The summed E-state index contributed by atoms with van der Waals surface area (Å²) >= 11 is 1.17. The highest BCUT2D eigenvalue weighted by Gasteiger charge is 2.18. The predicted molar refractivity (Wildman–Crippen MR) is 80.2 cm³/mol. The minimum atomic E-state index is -3.78. The number of nitrogens with one attached hydrogen (secondary N) is 2. The Morgan fingerprint density at radius 2 is 2.14 bits per heavy atom. The number of aromatic nitrogens is 1. The van der Waals surface area contributed by atoms with Crippen LogP contribution in [0.25, 0.3) is 0 Å². The van der Waals surface area contributed by atoms with Gasteiger partial charge in [0.1, 0.15) is 5.75 Å². The second kappa shape index (κ2) is 6.10. The van der Waals surface area contributed by atoms with Crippen molar-refractivity contribution in [2.24, 2.45) is 0 Å². The zero-order valence-corrected chi connectivity index (χ0v) is 12.9. The molecule has 0 aliphatic heterocycles. The van der Waals surface area contributed by atoms with Crippen LogP contribution in [0.2, 0.25) is 0 Å². The highest BCUT2D eigenvalue weighted by molar-refractivity contribution is 7.93. The van der Waals surface area contributed by atoms with Crippen molar-refractivity contribution in [1.29, 1.82) is 0 Å². The smallest absolute Gasteiger partial charge is 0.263 e. The number of hydrogen-bond donors (Lipinski definition) is 2. The molecule has 9 heteroatoms. The summed E-state index contributed by atoms with van der Waals surface area (Å²) < 4.78 is 31.9. The number of hydrogen-bond acceptors (Lipinski definition) is 6. The Balaban J connectivity index is 2.37. The lowest BCUT2D eigenvalue weighted by Gasteiger charge is -2.11. The Kier molecular flexibility index (Phi) is 4.43. The molecule has 0 aliphatic carbocycles. The maximum Gasteiger partial charge on any atom is 0.263 e. The van der Waals surface area contributed by atoms with Crippen molar-refractivity contribution < 1.29 is 17.9 Å². The van der Waals surface area contributed by atoms with E-state index in [2.05, 4.69) is 15.0 Å². The summed E-state index contributed by atoms with van der Waals surface area (Å²) in [6, 6.07) is 4.19. The molecular formula is C12H13N3O4S2. The van der Waals surface area contributed by atoms with Crippen LogP contribution in [0.1, 0.15) is 6.92 Å². The molecule has 1 heterocycles. The standard InChI is InChI=1S/C12H13N3O4S2/c1-8(16)14-10-7-9(3-4-11(10)19-2)21(17,18)15-12-13-5-6-20-12/h3-7H,1-2H3,(H,13,15)(H,14,16). The molecule has 2 rings (SSSR count). The second-order valence-electron chi connectivity index (χ2n) is 3.99. The number of rotatable bonds is 5. The van der Waals surface area contributed by atoms with Gasteiger partial charge in [0.05, 0.1) is 17.7 Å². The van der Waals surface area contributed by atoms with Gasteiger partial charge in [-0.25, -0.2) is 13.4 Å². The molecule has 0 spiro atoms. The fourth-order valence-electron chi connectivity index (χ4n) is 1.59. The highest BCUT2D eigenvalue weighted by Crippen LogP contribution is 2.28. The molecule has 0 bridgehead atoms. The Hall–Kier alpha value is -2.13. The van der Waals surface area contributed by atoms with Gasteiger partial charge in [-0.1, -0.05) is 0 Å². The van der Waals surface area contributed by atoms with Crippen LogP contribution in [0.15, 0.2) is 34.7 Å². The average molecular weight is 327 g/mol. The van der Waals surface area contributed by atoms with Gasteiger partial charge in [-0.15, -0.1) is 11.3 Å². The van der Waals surface area contributed by atoms with E-state index in [-0.39, 0.29) is 21.6 Å². The fraction of sp³-hybridized carbons (Fsp3) is 0.167. The number of thiazole rings is 1. The van der Waals surface area contributed by atoms with Crippen LogP contribution >= 0.6 is 11.3 Å². The maximum absolute atomic E-state index is 12.2. The lowest BCUT2D eigenvalue weighted by atomic mass is 10.3. The summed E-state index contributed by atoms with van der Waals surface area (Å²) in [5.74, 6) is 0.0501. The van der Waals surface area contributed by atoms with Crippen LogP contribution < -0.4 is 14.8 Å². The molecule has 0 atom stereocenters. The third-order valence-electron chi connectivity index (χ3n) is 2.45. The number of carbonyl (C=O) groups excluding carboxylic acids is 1.